The van der Waals surface area contributed by atoms with E-state index in [1.165, 1.54) is 51.7 Å². The number of hydrogen-bond donors (Lipinski definition) is 1. The summed E-state index contributed by atoms with van der Waals surface area (Å²) >= 11 is 0. The van der Waals surface area contributed by atoms with Crippen LogP contribution in [0.4, 0.5) is 0 Å². The highest BCUT2D eigenvalue weighted by atomic mass is 15.2. The Labute approximate surface area is 80.7 Å². The van der Waals surface area contributed by atoms with Gasteiger partial charge in [0.1, 0.15) is 0 Å². The molecule has 3 fully saturated rings. The molecular weight excluding hydrogens is 160 g/mol. The van der Waals surface area contributed by atoms with E-state index in [0.29, 0.717) is 0 Å². The van der Waals surface area contributed by atoms with Gasteiger partial charge in [-0.05, 0) is 44.6 Å². The van der Waals surface area contributed by atoms with Crippen LogP contribution >= 0.6 is 0 Å². The maximum Gasteiger partial charge on any atom is 0.0200 e. The number of fused-ring (bicyclic) bond motifs is 2. The predicted octanol–water partition coefficient (Wildman–Crippen LogP) is 1.22. The van der Waals surface area contributed by atoms with Crippen molar-refractivity contribution in [2.75, 3.05) is 19.6 Å². The van der Waals surface area contributed by atoms with Crippen LogP contribution in [-0.4, -0.2) is 36.6 Å². The van der Waals surface area contributed by atoms with Crippen molar-refractivity contribution in [1.82, 2.24) is 10.2 Å². The summed E-state index contributed by atoms with van der Waals surface area (Å²) in [6.07, 6.45) is 7.25. The van der Waals surface area contributed by atoms with Gasteiger partial charge in [-0.25, -0.2) is 0 Å². The van der Waals surface area contributed by atoms with Gasteiger partial charge in [0.05, 0.1) is 0 Å². The Morgan fingerprint density at radius 2 is 1.92 bits per heavy atom. The van der Waals surface area contributed by atoms with Gasteiger partial charge in [0.15, 0.2) is 0 Å². The summed E-state index contributed by atoms with van der Waals surface area (Å²) < 4.78 is 0. The zero-order chi connectivity index (χ0) is 8.67. The molecule has 1 N–H and O–H groups in total. The van der Waals surface area contributed by atoms with Crippen LogP contribution < -0.4 is 5.32 Å². The predicted molar refractivity (Wildman–Crippen MR) is 53.7 cm³/mol. The molecule has 1 aliphatic carbocycles. The van der Waals surface area contributed by atoms with E-state index in [2.05, 4.69) is 10.2 Å². The third kappa shape index (κ3) is 1.89. The molecule has 0 aromatic carbocycles. The summed E-state index contributed by atoms with van der Waals surface area (Å²) in [6, 6.07) is 1.72. The van der Waals surface area contributed by atoms with E-state index in [4.69, 9.17) is 0 Å². The Morgan fingerprint density at radius 3 is 2.69 bits per heavy atom. The fraction of sp³-hybridized carbons (Fsp3) is 1.00. The molecule has 2 nitrogen and oxygen atoms in total. The lowest BCUT2D eigenvalue weighted by Gasteiger charge is -2.42. The van der Waals surface area contributed by atoms with Crippen molar-refractivity contribution < 1.29 is 0 Å². The molecule has 2 heteroatoms. The highest BCUT2D eigenvalue weighted by Crippen LogP contribution is 2.28. The Balaban J connectivity index is 1.57. The summed E-state index contributed by atoms with van der Waals surface area (Å²) in [5.41, 5.74) is 0. The first-order valence-electron chi connectivity index (χ1n) is 5.88. The largest absolute Gasteiger partial charge is 0.310 e. The Bertz CT molecular complexity index is 177. The van der Waals surface area contributed by atoms with Crippen molar-refractivity contribution in [3.63, 3.8) is 0 Å². The molecule has 2 bridgehead atoms. The lowest BCUT2D eigenvalue weighted by Crippen LogP contribution is -2.52. The van der Waals surface area contributed by atoms with Crippen LogP contribution in [0.2, 0.25) is 0 Å². The van der Waals surface area contributed by atoms with Crippen molar-refractivity contribution in [3.05, 3.63) is 0 Å². The molecule has 2 saturated heterocycles. The van der Waals surface area contributed by atoms with E-state index in [-0.39, 0.29) is 0 Å². The van der Waals surface area contributed by atoms with Crippen LogP contribution in [0, 0.1) is 5.92 Å². The van der Waals surface area contributed by atoms with Crippen LogP contribution in [0.5, 0.6) is 0 Å². The maximum atomic E-state index is 3.78. The average molecular weight is 180 g/mol. The van der Waals surface area contributed by atoms with Crippen molar-refractivity contribution in [3.8, 4) is 0 Å². The minimum absolute atomic E-state index is 0.826. The highest BCUT2D eigenvalue weighted by molar-refractivity contribution is 4.91. The standard InChI is InChI=1S/C11H20N2/c1-2-9-6-11(12-10-3-4-10)8-13(5-1)7-9/h9-12H,1-8H2/t9-,11?/m0/s1. The topological polar surface area (TPSA) is 15.3 Å². The monoisotopic (exact) mass is 180 g/mol. The molecule has 2 heterocycles. The fourth-order valence-electron chi connectivity index (χ4n) is 3.00. The zero-order valence-corrected chi connectivity index (χ0v) is 8.34. The zero-order valence-electron chi connectivity index (χ0n) is 8.34. The molecule has 13 heavy (non-hydrogen) atoms. The summed E-state index contributed by atoms with van der Waals surface area (Å²) in [7, 11) is 0. The van der Waals surface area contributed by atoms with Crippen molar-refractivity contribution in [2.45, 2.75) is 44.2 Å². The molecule has 3 rings (SSSR count). The Morgan fingerprint density at radius 1 is 1.00 bits per heavy atom. The molecular formula is C11H20N2. The minimum Gasteiger partial charge on any atom is -0.310 e. The van der Waals surface area contributed by atoms with E-state index in [1.54, 1.807) is 0 Å². The maximum absolute atomic E-state index is 3.78. The van der Waals surface area contributed by atoms with Gasteiger partial charge in [0.2, 0.25) is 0 Å². The molecule has 0 aromatic rings. The molecule has 2 aliphatic heterocycles. The smallest absolute Gasteiger partial charge is 0.0200 e. The number of nitrogens with one attached hydrogen (secondary N) is 1. The molecule has 0 radical (unpaired) electrons. The molecule has 0 aromatic heterocycles. The van der Waals surface area contributed by atoms with E-state index in [0.717, 1.165) is 18.0 Å². The summed E-state index contributed by atoms with van der Waals surface area (Å²) in [6.45, 7) is 4.08. The quantitative estimate of drug-likeness (QED) is 0.687. The molecule has 0 spiro atoms. The van der Waals surface area contributed by atoms with Gasteiger partial charge < -0.3 is 10.2 Å². The summed E-state index contributed by atoms with van der Waals surface area (Å²) in [4.78, 5) is 2.66. The SMILES string of the molecule is C1C[C@H]2CC(NC3CC3)CN(C1)C2. The third-order valence-electron chi connectivity index (χ3n) is 3.75. The van der Waals surface area contributed by atoms with Crippen LogP contribution in [0.15, 0.2) is 0 Å². The molecule has 3 atom stereocenters. The molecule has 2 unspecified atom stereocenters. The lowest BCUT2D eigenvalue weighted by atomic mass is 9.87. The minimum atomic E-state index is 0.826. The van der Waals surface area contributed by atoms with E-state index < -0.39 is 0 Å². The van der Waals surface area contributed by atoms with Gasteiger partial charge in [-0.1, -0.05) is 0 Å². The van der Waals surface area contributed by atoms with Crippen LogP contribution in [0.3, 0.4) is 0 Å². The fourth-order valence-corrected chi connectivity index (χ4v) is 3.00. The van der Waals surface area contributed by atoms with Crippen molar-refractivity contribution in [1.29, 1.82) is 0 Å². The Kier molecular flexibility index (Phi) is 2.06. The van der Waals surface area contributed by atoms with E-state index in [1.807, 2.05) is 0 Å². The van der Waals surface area contributed by atoms with Crippen molar-refractivity contribution in [2.24, 2.45) is 5.92 Å². The number of piperidine rings is 2. The molecule has 74 valence electrons. The van der Waals surface area contributed by atoms with Gasteiger partial charge in [-0.3, -0.25) is 0 Å². The van der Waals surface area contributed by atoms with E-state index in [9.17, 15) is 0 Å². The van der Waals surface area contributed by atoms with Gasteiger partial charge in [-0.15, -0.1) is 0 Å². The number of hydrogen-bond acceptors (Lipinski definition) is 2. The van der Waals surface area contributed by atoms with Gasteiger partial charge in [0, 0.05) is 25.2 Å². The van der Waals surface area contributed by atoms with Crippen molar-refractivity contribution >= 4 is 0 Å². The average Bonchev–Trinajstić information content (AvgIpc) is 2.87. The first kappa shape index (κ1) is 8.25. The third-order valence-corrected chi connectivity index (χ3v) is 3.75. The summed E-state index contributed by atoms with van der Waals surface area (Å²) in [5.74, 6) is 1.01. The normalized spacial score (nSPS) is 44.8. The number of rotatable bonds is 2. The van der Waals surface area contributed by atoms with Crippen LogP contribution in [0.25, 0.3) is 0 Å². The molecule has 0 amide bonds. The van der Waals surface area contributed by atoms with Gasteiger partial charge in [-0.2, -0.15) is 0 Å². The van der Waals surface area contributed by atoms with Crippen LogP contribution in [0.1, 0.15) is 32.1 Å². The van der Waals surface area contributed by atoms with Gasteiger partial charge >= 0.3 is 0 Å². The second-order valence-corrected chi connectivity index (χ2v) is 5.14. The number of nitrogens with zero attached hydrogens (tertiary/aromatic N) is 1. The van der Waals surface area contributed by atoms with E-state index >= 15 is 0 Å². The molecule has 1 saturated carbocycles. The van der Waals surface area contributed by atoms with Crippen LogP contribution in [-0.2, 0) is 0 Å². The summed E-state index contributed by atoms with van der Waals surface area (Å²) in [5, 5.41) is 3.78. The lowest BCUT2D eigenvalue weighted by molar-refractivity contribution is 0.0968. The Hall–Kier alpha value is -0.0800. The molecule has 3 aliphatic rings. The first-order valence-corrected chi connectivity index (χ1v) is 5.88. The second-order valence-electron chi connectivity index (χ2n) is 5.14. The first-order chi connectivity index (χ1) is 6.40. The van der Waals surface area contributed by atoms with Gasteiger partial charge in [0.25, 0.3) is 0 Å². The second kappa shape index (κ2) is 3.25. The highest BCUT2D eigenvalue weighted by Gasteiger charge is 2.32.